The molecule has 0 aliphatic rings. The Bertz CT molecular complexity index is 821. The van der Waals surface area contributed by atoms with Crippen LogP contribution in [0.5, 0.6) is 11.5 Å². The molecule has 0 radical (unpaired) electrons. The number of methoxy groups -OCH3 is 1. The molecule has 5 heteroatoms. The average molecular weight is 323 g/mol. The predicted molar refractivity (Wildman–Crippen MR) is 95.4 cm³/mol. The van der Waals surface area contributed by atoms with E-state index in [9.17, 15) is 0 Å². The fourth-order valence-corrected chi connectivity index (χ4v) is 2.67. The number of hydrogen-bond acceptors (Lipinski definition) is 5. The Morgan fingerprint density at radius 3 is 2.50 bits per heavy atom. The van der Waals surface area contributed by atoms with Crippen LogP contribution in [0.1, 0.15) is 18.5 Å². The second-order valence-corrected chi connectivity index (χ2v) is 5.50. The lowest BCUT2D eigenvalue weighted by atomic mass is 10.1. The number of aromatic nitrogens is 2. The van der Waals surface area contributed by atoms with Gasteiger partial charge < -0.3 is 15.2 Å². The van der Waals surface area contributed by atoms with Gasteiger partial charge in [0, 0.05) is 5.39 Å². The number of aryl methyl sites for hydroxylation is 1. The molecule has 0 bridgehead atoms. The summed E-state index contributed by atoms with van der Waals surface area (Å²) in [5.41, 5.74) is 7.69. The highest BCUT2D eigenvalue weighted by molar-refractivity contribution is 5.81. The minimum Gasteiger partial charge on any atom is -0.493 e. The van der Waals surface area contributed by atoms with Crippen molar-refractivity contribution in [3.05, 3.63) is 54.2 Å². The Balaban J connectivity index is 1.56. The molecule has 0 unspecified atom stereocenters. The summed E-state index contributed by atoms with van der Waals surface area (Å²) >= 11 is 0. The molecule has 3 aromatic rings. The average Bonchev–Trinajstić information content (AvgIpc) is 2.61. The summed E-state index contributed by atoms with van der Waals surface area (Å²) in [5, 5.41) is 1.07. The van der Waals surface area contributed by atoms with Crippen molar-refractivity contribution in [2.24, 2.45) is 0 Å². The minimum absolute atomic E-state index is 0.328. The molecule has 5 nitrogen and oxygen atoms in total. The van der Waals surface area contributed by atoms with Crippen LogP contribution >= 0.6 is 0 Å². The van der Waals surface area contributed by atoms with Gasteiger partial charge in [-0.1, -0.05) is 30.3 Å². The molecule has 0 atom stereocenters. The molecule has 0 fully saturated rings. The first-order chi connectivity index (χ1) is 11.8. The monoisotopic (exact) mass is 323 g/mol. The number of benzene rings is 2. The Kier molecular flexibility index (Phi) is 5.11. The minimum atomic E-state index is 0.328. The van der Waals surface area contributed by atoms with Crippen molar-refractivity contribution >= 4 is 16.9 Å². The second kappa shape index (κ2) is 7.64. The topological polar surface area (TPSA) is 70.3 Å². The second-order valence-electron chi connectivity index (χ2n) is 5.50. The van der Waals surface area contributed by atoms with Crippen LogP contribution < -0.4 is 15.2 Å². The zero-order chi connectivity index (χ0) is 16.8. The normalized spacial score (nSPS) is 10.7. The van der Waals surface area contributed by atoms with Crippen LogP contribution in [-0.2, 0) is 6.42 Å². The molecule has 0 saturated heterocycles. The first kappa shape index (κ1) is 16.1. The van der Waals surface area contributed by atoms with E-state index in [0.29, 0.717) is 12.6 Å². The van der Waals surface area contributed by atoms with Crippen LogP contribution in [0.25, 0.3) is 10.9 Å². The first-order valence-electron chi connectivity index (χ1n) is 8.05. The van der Waals surface area contributed by atoms with Crippen molar-refractivity contribution in [3.63, 3.8) is 0 Å². The van der Waals surface area contributed by atoms with E-state index in [2.05, 4.69) is 9.97 Å². The number of ether oxygens (including phenoxy) is 2. The van der Waals surface area contributed by atoms with Crippen molar-refractivity contribution in [1.29, 1.82) is 0 Å². The Morgan fingerprint density at radius 1 is 0.917 bits per heavy atom. The quantitative estimate of drug-likeness (QED) is 0.672. The van der Waals surface area contributed by atoms with E-state index < -0.39 is 0 Å². The van der Waals surface area contributed by atoms with Crippen LogP contribution in [0, 0.1) is 0 Å². The zero-order valence-electron chi connectivity index (χ0n) is 13.7. The van der Waals surface area contributed by atoms with Gasteiger partial charge in [0.2, 0.25) is 5.95 Å². The van der Waals surface area contributed by atoms with E-state index in [1.165, 1.54) is 0 Å². The Morgan fingerprint density at radius 2 is 1.67 bits per heavy atom. The molecule has 3 rings (SSSR count). The van der Waals surface area contributed by atoms with Crippen LogP contribution in [0.15, 0.2) is 48.5 Å². The third kappa shape index (κ3) is 3.74. The van der Waals surface area contributed by atoms with Gasteiger partial charge in [0.25, 0.3) is 0 Å². The van der Waals surface area contributed by atoms with Crippen molar-refractivity contribution in [3.8, 4) is 11.5 Å². The number of nitrogens with two attached hydrogens (primary N) is 1. The van der Waals surface area contributed by atoms with E-state index in [-0.39, 0.29) is 0 Å². The van der Waals surface area contributed by atoms with Gasteiger partial charge in [-0.3, -0.25) is 0 Å². The first-order valence-corrected chi connectivity index (χ1v) is 8.05. The number of para-hydroxylation sites is 3. The summed E-state index contributed by atoms with van der Waals surface area (Å²) in [5.74, 6) is 1.86. The maximum atomic E-state index is 5.80. The lowest BCUT2D eigenvalue weighted by molar-refractivity contribution is 0.286. The fraction of sp³-hybridized carbons (Fsp3) is 0.263. The maximum absolute atomic E-state index is 5.80. The Labute approximate surface area is 141 Å². The van der Waals surface area contributed by atoms with Gasteiger partial charge in [-0.25, -0.2) is 9.97 Å². The third-order valence-corrected chi connectivity index (χ3v) is 3.83. The molecule has 0 saturated carbocycles. The zero-order valence-corrected chi connectivity index (χ0v) is 13.7. The highest BCUT2D eigenvalue weighted by atomic mass is 16.5. The van der Waals surface area contributed by atoms with Gasteiger partial charge in [-0.2, -0.15) is 0 Å². The maximum Gasteiger partial charge on any atom is 0.220 e. The van der Waals surface area contributed by atoms with Gasteiger partial charge in [-0.05, 0) is 37.5 Å². The van der Waals surface area contributed by atoms with Crippen LogP contribution in [-0.4, -0.2) is 23.7 Å². The van der Waals surface area contributed by atoms with E-state index in [0.717, 1.165) is 47.4 Å². The summed E-state index contributed by atoms with van der Waals surface area (Å²) < 4.78 is 11.1. The van der Waals surface area contributed by atoms with Crippen molar-refractivity contribution < 1.29 is 9.47 Å². The van der Waals surface area contributed by atoms with Crippen molar-refractivity contribution in [2.75, 3.05) is 19.5 Å². The molecule has 2 aromatic carbocycles. The lowest BCUT2D eigenvalue weighted by Gasteiger charge is -2.10. The van der Waals surface area contributed by atoms with Gasteiger partial charge in [-0.15, -0.1) is 0 Å². The van der Waals surface area contributed by atoms with E-state index in [1.807, 2.05) is 48.5 Å². The molecule has 1 heterocycles. The molecule has 1 aromatic heterocycles. The summed E-state index contributed by atoms with van der Waals surface area (Å²) in [7, 11) is 1.65. The summed E-state index contributed by atoms with van der Waals surface area (Å²) in [6.45, 7) is 0.638. The number of nitrogen functional groups attached to an aromatic ring is 1. The number of anilines is 1. The molecule has 0 amide bonds. The number of fused-ring (bicyclic) bond motifs is 1. The number of hydrogen-bond donors (Lipinski definition) is 1. The van der Waals surface area contributed by atoms with Gasteiger partial charge in [0.1, 0.15) is 0 Å². The van der Waals surface area contributed by atoms with Crippen molar-refractivity contribution in [1.82, 2.24) is 9.97 Å². The molecule has 0 aliphatic carbocycles. The predicted octanol–water partition coefficient (Wildman–Crippen LogP) is 3.62. The highest BCUT2D eigenvalue weighted by Gasteiger charge is 2.06. The summed E-state index contributed by atoms with van der Waals surface area (Å²) in [6, 6.07) is 15.6. The van der Waals surface area contributed by atoms with E-state index in [4.69, 9.17) is 15.2 Å². The van der Waals surface area contributed by atoms with E-state index in [1.54, 1.807) is 7.11 Å². The van der Waals surface area contributed by atoms with Gasteiger partial charge in [0.05, 0.1) is 24.9 Å². The lowest BCUT2D eigenvalue weighted by Crippen LogP contribution is -2.03. The molecule has 2 N–H and O–H groups in total. The van der Waals surface area contributed by atoms with Gasteiger partial charge in [0.15, 0.2) is 11.5 Å². The van der Waals surface area contributed by atoms with Crippen LogP contribution in [0.2, 0.25) is 0 Å². The van der Waals surface area contributed by atoms with Crippen molar-refractivity contribution in [2.45, 2.75) is 19.3 Å². The highest BCUT2D eigenvalue weighted by Crippen LogP contribution is 2.26. The number of rotatable bonds is 7. The molecular weight excluding hydrogens is 302 g/mol. The molecule has 24 heavy (non-hydrogen) atoms. The molecule has 0 spiro atoms. The molecular formula is C19H21N3O2. The number of unbranched alkanes of at least 4 members (excludes halogenated alkanes) is 1. The van der Waals surface area contributed by atoms with Crippen LogP contribution in [0.3, 0.4) is 0 Å². The third-order valence-electron chi connectivity index (χ3n) is 3.83. The standard InChI is InChI=1S/C19H21N3O2/c1-23-17-11-4-5-12-18(17)24-13-7-6-10-16-14-8-2-3-9-15(14)21-19(20)22-16/h2-5,8-9,11-12H,6-7,10,13H2,1H3,(H2,20,21,22). The van der Waals surface area contributed by atoms with Crippen LogP contribution in [0.4, 0.5) is 5.95 Å². The smallest absolute Gasteiger partial charge is 0.220 e. The SMILES string of the molecule is COc1ccccc1OCCCCc1nc(N)nc2ccccc12. The summed E-state index contributed by atoms with van der Waals surface area (Å²) in [6.07, 6.45) is 2.74. The number of nitrogens with zero attached hydrogens (tertiary/aromatic N) is 2. The largest absolute Gasteiger partial charge is 0.493 e. The fourth-order valence-electron chi connectivity index (χ4n) is 2.67. The van der Waals surface area contributed by atoms with E-state index >= 15 is 0 Å². The summed E-state index contributed by atoms with van der Waals surface area (Å²) in [4.78, 5) is 8.66. The molecule has 124 valence electrons. The Hall–Kier alpha value is -2.82. The molecule has 0 aliphatic heterocycles. The van der Waals surface area contributed by atoms with Gasteiger partial charge >= 0.3 is 0 Å².